The first-order valence-corrected chi connectivity index (χ1v) is 7.13. The van der Waals surface area contributed by atoms with Gasteiger partial charge in [0.15, 0.2) is 5.76 Å². The Morgan fingerprint density at radius 3 is 2.74 bits per heavy atom. The molecule has 0 spiro atoms. The average Bonchev–Trinajstić information content (AvgIpc) is 2.97. The van der Waals surface area contributed by atoms with Crippen molar-refractivity contribution in [3.05, 3.63) is 64.9 Å². The van der Waals surface area contributed by atoms with Crippen LogP contribution in [0.4, 0.5) is 5.69 Å². The molecule has 0 aliphatic heterocycles. The van der Waals surface area contributed by atoms with Crippen LogP contribution in [0, 0.1) is 0 Å². The fourth-order valence-corrected chi connectivity index (χ4v) is 2.34. The summed E-state index contributed by atoms with van der Waals surface area (Å²) in [5.41, 5.74) is 1.39. The van der Waals surface area contributed by atoms with Crippen LogP contribution in [-0.4, -0.2) is 19.0 Å². The molecule has 1 heterocycles. The number of halogens is 1. The van der Waals surface area contributed by atoms with Crippen molar-refractivity contribution < 1.29 is 18.7 Å². The number of amides is 1. The number of carbonyl (C=O) groups is 2. The first-order valence-electron chi connectivity index (χ1n) is 6.75. The highest BCUT2D eigenvalue weighted by Crippen LogP contribution is 2.23. The van der Waals surface area contributed by atoms with Gasteiger partial charge in [0.05, 0.1) is 12.7 Å². The minimum atomic E-state index is -0.473. The summed E-state index contributed by atoms with van der Waals surface area (Å²) in [7, 11) is 1.30. The van der Waals surface area contributed by atoms with E-state index in [1.807, 2.05) is 0 Å². The molecule has 0 aliphatic carbocycles. The van der Waals surface area contributed by atoms with Gasteiger partial charge in [-0.25, -0.2) is 4.79 Å². The van der Waals surface area contributed by atoms with Gasteiger partial charge in [-0.2, -0.15) is 0 Å². The number of anilines is 1. The van der Waals surface area contributed by atoms with E-state index in [0.29, 0.717) is 21.9 Å². The molecule has 0 saturated carbocycles. The number of hydrogen-bond acceptors (Lipinski definition) is 4. The lowest BCUT2D eigenvalue weighted by Gasteiger charge is -2.05. The molecule has 3 aromatic rings. The summed E-state index contributed by atoms with van der Waals surface area (Å²) in [6, 6.07) is 13.2. The summed E-state index contributed by atoms with van der Waals surface area (Å²) in [6.07, 6.45) is 0. The summed E-state index contributed by atoms with van der Waals surface area (Å²) in [5, 5.41) is 3.99. The second-order valence-electron chi connectivity index (χ2n) is 4.82. The number of carbonyl (C=O) groups excluding carboxylic acids is 2. The van der Waals surface area contributed by atoms with E-state index in [1.165, 1.54) is 13.2 Å². The maximum Gasteiger partial charge on any atom is 0.337 e. The molecule has 0 bridgehead atoms. The molecular formula is C17H12ClNO4. The van der Waals surface area contributed by atoms with Crippen molar-refractivity contribution in [3.8, 4) is 0 Å². The SMILES string of the molecule is COC(=O)c1cccc(NC(=O)c2cc3cc(Cl)ccc3o2)c1. The number of nitrogens with one attached hydrogen (secondary N) is 1. The second kappa shape index (κ2) is 6.14. The normalized spacial score (nSPS) is 10.5. The van der Waals surface area contributed by atoms with Gasteiger partial charge in [0.2, 0.25) is 0 Å². The number of rotatable bonds is 3. The Balaban J connectivity index is 1.84. The molecule has 0 radical (unpaired) electrons. The lowest BCUT2D eigenvalue weighted by molar-refractivity contribution is 0.0600. The van der Waals surface area contributed by atoms with E-state index in [0.717, 1.165) is 5.39 Å². The largest absolute Gasteiger partial charge is 0.465 e. The molecule has 23 heavy (non-hydrogen) atoms. The van der Waals surface area contributed by atoms with Crippen LogP contribution in [0.5, 0.6) is 0 Å². The van der Waals surface area contributed by atoms with E-state index < -0.39 is 11.9 Å². The Labute approximate surface area is 136 Å². The van der Waals surface area contributed by atoms with E-state index in [1.54, 1.807) is 42.5 Å². The molecule has 0 fully saturated rings. The molecule has 1 aromatic heterocycles. The zero-order chi connectivity index (χ0) is 16.4. The fourth-order valence-electron chi connectivity index (χ4n) is 2.16. The maximum atomic E-state index is 12.3. The van der Waals surface area contributed by atoms with Crippen molar-refractivity contribution >= 4 is 40.1 Å². The highest BCUT2D eigenvalue weighted by molar-refractivity contribution is 6.31. The number of methoxy groups -OCH3 is 1. The summed E-state index contributed by atoms with van der Waals surface area (Å²) < 4.78 is 10.1. The molecule has 5 nitrogen and oxygen atoms in total. The van der Waals surface area contributed by atoms with Crippen LogP contribution in [0.1, 0.15) is 20.9 Å². The lowest BCUT2D eigenvalue weighted by Crippen LogP contribution is -2.11. The Hall–Kier alpha value is -2.79. The van der Waals surface area contributed by atoms with Crippen LogP contribution in [0.3, 0.4) is 0 Å². The van der Waals surface area contributed by atoms with Crippen LogP contribution in [0.2, 0.25) is 5.02 Å². The lowest BCUT2D eigenvalue weighted by atomic mass is 10.2. The molecule has 1 N–H and O–H groups in total. The molecule has 0 unspecified atom stereocenters. The Kier molecular flexibility index (Phi) is 4.04. The second-order valence-corrected chi connectivity index (χ2v) is 5.26. The number of furan rings is 1. The van der Waals surface area contributed by atoms with E-state index in [4.69, 9.17) is 16.0 Å². The van der Waals surface area contributed by atoms with Crippen molar-refractivity contribution in [3.63, 3.8) is 0 Å². The molecule has 116 valence electrons. The van der Waals surface area contributed by atoms with Gasteiger partial charge in [-0.1, -0.05) is 17.7 Å². The zero-order valence-corrected chi connectivity index (χ0v) is 12.9. The molecule has 0 aliphatic rings. The maximum absolute atomic E-state index is 12.3. The van der Waals surface area contributed by atoms with Gasteiger partial charge in [-0.3, -0.25) is 4.79 Å². The van der Waals surface area contributed by atoms with Gasteiger partial charge in [0.1, 0.15) is 5.58 Å². The summed E-state index contributed by atoms with van der Waals surface area (Å²) in [5.74, 6) is -0.732. The van der Waals surface area contributed by atoms with Gasteiger partial charge in [-0.15, -0.1) is 0 Å². The molecule has 0 saturated heterocycles. The van der Waals surface area contributed by atoms with Gasteiger partial charge < -0.3 is 14.5 Å². The molecule has 0 atom stereocenters. The summed E-state index contributed by atoms with van der Waals surface area (Å²) in [6.45, 7) is 0. The van der Waals surface area contributed by atoms with Crippen molar-refractivity contribution in [1.82, 2.24) is 0 Å². The number of hydrogen-bond donors (Lipinski definition) is 1. The van der Waals surface area contributed by atoms with Crippen LogP contribution in [-0.2, 0) is 4.74 Å². The van der Waals surface area contributed by atoms with Crippen LogP contribution >= 0.6 is 11.6 Å². The van der Waals surface area contributed by atoms with Gasteiger partial charge >= 0.3 is 5.97 Å². The van der Waals surface area contributed by atoms with Crippen LogP contribution in [0.25, 0.3) is 11.0 Å². The highest BCUT2D eigenvalue weighted by Gasteiger charge is 2.14. The Bertz CT molecular complexity index is 900. The third kappa shape index (κ3) is 3.19. The quantitative estimate of drug-likeness (QED) is 0.734. The molecule has 1 amide bonds. The van der Waals surface area contributed by atoms with Gasteiger partial charge in [0.25, 0.3) is 5.91 Å². The zero-order valence-electron chi connectivity index (χ0n) is 12.1. The first-order chi connectivity index (χ1) is 11.1. The molecule has 6 heteroatoms. The van der Waals surface area contributed by atoms with Gasteiger partial charge in [-0.05, 0) is 42.5 Å². The summed E-state index contributed by atoms with van der Waals surface area (Å²) >= 11 is 5.91. The van der Waals surface area contributed by atoms with Crippen molar-refractivity contribution in [1.29, 1.82) is 0 Å². The minimum Gasteiger partial charge on any atom is -0.465 e. The van der Waals surface area contributed by atoms with E-state index in [9.17, 15) is 9.59 Å². The predicted octanol–water partition coefficient (Wildman–Crippen LogP) is 4.13. The monoisotopic (exact) mass is 329 g/mol. The van der Waals surface area contributed by atoms with Gasteiger partial charge in [0, 0.05) is 16.1 Å². The fraction of sp³-hybridized carbons (Fsp3) is 0.0588. The third-order valence-corrected chi connectivity index (χ3v) is 3.48. The number of fused-ring (bicyclic) bond motifs is 1. The standard InChI is InChI=1S/C17H12ClNO4/c1-22-17(21)10-3-2-4-13(8-10)19-16(20)15-9-11-7-12(18)5-6-14(11)23-15/h2-9H,1H3,(H,19,20). The van der Waals surface area contributed by atoms with E-state index in [2.05, 4.69) is 10.1 Å². The smallest absolute Gasteiger partial charge is 0.337 e. The Morgan fingerprint density at radius 1 is 1.13 bits per heavy atom. The van der Waals surface area contributed by atoms with Crippen molar-refractivity contribution in [2.75, 3.05) is 12.4 Å². The van der Waals surface area contributed by atoms with E-state index in [-0.39, 0.29) is 5.76 Å². The predicted molar refractivity (Wildman–Crippen MR) is 87.0 cm³/mol. The number of esters is 1. The molecule has 3 rings (SSSR count). The first kappa shape index (κ1) is 15.1. The minimum absolute atomic E-state index is 0.158. The third-order valence-electron chi connectivity index (χ3n) is 3.24. The van der Waals surface area contributed by atoms with Crippen molar-refractivity contribution in [2.24, 2.45) is 0 Å². The molecular weight excluding hydrogens is 318 g/mol. The van der Waals surface area contributed by atoms with Crippen LogP contribution < -0.4 is 5.32 Å². The Morgan fingerprint density at radius 2 is 1.96 bits per heavy atom. The highest BCUT2D eigenvalue weighted by atomic mass is 35.5. The summed E-state index contributed by atoms with van der Waals surface area (Å²) in [4.78, 5) is 23.8. The van der Waals surface area contributed by atoms with Crippen molar-refractivity contribution in [2.45, 2.75) is 0 Å². The van der Waals surface area contributed by atoms with Crippen LogP contribution in [0.15, 0.2) is 52.9 Å². The topological polar surface area (TPSA) is 68.5 Å². The number of benzene rings is 2. The molecule has 2 aromatic carbocycles. The average molecular weight is 330 g/mol. The van der Waals surface area contributed by atoms with E-state index >= 15 is 0 Å². The number of ether oxygens (including phenoxy) is 1.